The number of pyridine rings is 1. The maximum Gasteiger partial charge on any atom is 0.0830 e. The van der Waals surface area contributed by atoms with Crippen molar-refractivity contribution in [3.05, 3.63) is 42.2 Å². The first kappa shape index (κ1) is 11.4. The van der Waals surface area contributed by atoms with Gasteiger partial charge in [-0.15, -0.1) is 0 Å². The molecule has 4 rings (SSSR count). The monoisotopic (exact) mass is 253 g/mol. The van der Waals surface area contributed by atoms with E-state index in [1.807, 2.05) is 24.5 Å². The number of hydrogen-bond acceptors (Lipinski definition) is 2. The molecule has 1 aromatic carbocycles. The predicted molar refractivity (Wildman–Crippen MR) is 75.6 cm³/mol. The van der Waals surface area contributed by atoms with Gasteiger partial charge in [0.25, 0.3) is 0 Å². The summed E-state index contributed by atoms with van der Waals surface area (Å²) in [5.74, 6) is 2.04. The van der Waals surface area contributed by atoms with Crippen molar-refractivity contribution in [2.45, 2.75) is 31.8 Å². The van der Waals surface area contributed by atoms with Crippen molar-refractivity contribution >= 4 is 10.8 Å². The van der Waals surface area contributed by atoms with E-state index in [-0.39, 0.29) is 6.10 Å². The van der Waals surface area contributed by atoms with Gasteiger partial charge in [0.15, 0.2) is 0 Å². The highest BCUT2D eigenvalue weighted by Crippen LogP contribution is 2.60. The Hall–Kier alpha value is -1.41. The minimum Gasteiger partial charge on any atom is -0.388 e. The summed E-state index contributed by atoms with van der Waals surface area (Å²) in [5, 5.41) is 13.0. The minimum absolute atomic E-state index is 0.305. The van der Waals surface area contributed by atoms with Gasteiger partial charge in [-0.3, -0.25) is 4.98 Å². The van der Waals surface area contributed by atoms with Gasteiger partial charge in [0, 0.05) is 17.8 Å². The van der Waals surface area contributed by atoms with Gasteiger partial charge < -0.3 is 5.11 Å². The number of nitrogens with zero attached hydrogens (tertiary/aromatic N) is 1. The van der Waals surface area contributed by atoms with Gasteiger partial charge in [0.2, 0.25) is 0 Å². The van der Waals surface area contributed by atoms with Crippen LogP contribution in [0.3, 0.4) is 0 Å². The Balaban J connectivity index is 1.71. The van der Waals surface area contributed by atoms with Gasteiger partial charge in [-0.1, -0.05) is 31.0 Å². The van der Waals surface area contributed by atoms with Crippen LogP contribution in [0.5, 0.6) is 0 Å². The number of aromatic nitrogens is 1. The van der Waals surface area contributed by atoms with Crippen LogP contribution in [0.2, 0.25) is 0 Å². The second kappa shape index (κ2) is 4.31. The molecular weight excluding hydrogens is 234 g/mol. The molecule has 1 aromatic heterocycles. The number of hydrogen-bond donors (Lipinski definition) is 1. The molecule has 0 saturated heterocycles. The van der Waals surface area contributed by atoms with Crippen molar-refractivity contribution in [2.24, 2.45) is 17.8 Å². The zero-order valence-electron chi connectivity index (χ0n) is 11.0. The second-order valence-corrected chi connectivity index (χ2v) is 6.08. The zero-order valence-corrected chi connectivity index (χ0v) is 11.0. The second-order valence-electron chi connectivity index (χ2n) is 6.08. The molecular formula is C17H19NO. The fourth-order valence-electron chi connectivity index (χ4n) is 4.12. The smallest absolute Gasteiger partial charge is 0.0830 e. The molecule has 2 aliphatic rings. The Morgan fingerprint density at radius 1 is 1.11 bits per heavy atom. The summed E-state index contributed by atoms with van der Waals surface area (Å²) in [5.41, 5.74) is 1.07. The average Bonchev–Trinajstić information content (AvgIpc) is 3.20. The molecule has 0 amide bonds. The molecule has 2 nitrogen and oxygen atoms in total. The van der Waals surface area contributed by atoms with Crippen LogP contribution in [0, 0.1) is 17.8 Å². The summed E-state index contributed by atoms with van der Waals surface area (Å²) in [4.78, 5) is 4.22. The van der Waals surface area contributed by atoms with Crippen LogP contribution in [-0.4, -0.2) is 10.1 Å². The van der Waals surface area contributed by atoms with Crippen molar-refractivity contribution in [1.29, 1.82) is 0 Å². The molecule has 0 spiro atoms. The summed E-state index contributed by atoms with van der Waals surface area (Å²) >= 11 is 0. The molecule has 2 heteroatoms. The number of fused-ring (bicyclic) bond motifs is 2. The molecule has 0 radical (unpaired) electrons. The van der Waals surface area contributed by atoms with Gasteiger partial charge in [-0.05, 0) is 47.6 Å². The minimum atomic E-state index is -0.305. The maximum absolute atomic E-state index is 10.8. The molecule has 19 heavy (non-hydrogen) atoms. The lowest BCUT2D eigenvalue weighted by molar-refractivity contribution is 0.143. The standard InChI is InChI=1S/C17H19NO/c19-17(16-12-5-1-2-6-13(12)16)14-7-3-4-11-8-9-18-10-15(11)14/h3-4,7-10,12-13,16-17,19H,1-2,5-6H2. The van der Waals surface area contributed by atoms with E-state index < -0.39 is 0 Å². The molecule has 2 fully saturated rings. The third kappa shape index (κ3) is 1.78. The van der Waals surface area contributed by atoms with Gasteiger partial charge in [0.1, 0.15) is 0 Å². The Bertz CT molecular complexity index is 592. The molecule has 1 N–H and O–H groups in total. The topological polar surface area (TPSA) is 33.1 Å². The zero-order chi connectivity index (χ0) is 12.8. The molecule has 2 aliphatic carbocycles. The number of aliphatic hydroxyl groups is 1. The SMILES string of the molecule is OC(c1cccc2ccncc12)C1C2CCCCC21. The highest BCUT2D eigenvalue weighted by Gasteiger charge is 2.54. The predicted octanol–water partition coefficient (Wildman–Crippen LogP) is 3.70. The normalized spacial score (nSPS) is 30.9. The van der Waals surface area contributed by atoms with Crippen molar-refractivity contribution in [3.63, 3.8) is 0 Å². The first-order valence-electron chi connectivity index (χ1n) is 7.37. The van der Waals surface area contributed by atoms with Crippen LogP contribution >= 0.6 is 0 Å². The van der Waals surface area contributed by atoms with Crippen LogP contribution < -0.4 is 0 Å². The lowest BCUT2D eigenvalue weighted by Gasteiger charge is -2.13. The summed E-state index contributed by atoms with van der Waals surface area (Å²) in [6, 6.07) is 8.23. The first-order valence-corrected chi connectivity index (χ1v) is 7.37. The molecule has 2 aromatic rings. The largest absolute Gasteiger partial charge is 0.388 e. The molecule has 2 saturated carbocycles. The molecule has 0 aliphatic heterocycles. The average molecular weight is 253 g/mol. The highest BCUT2D eigenvalue weighted by atomic mass is 16.3. The molecule has 98 valence electrons. The quantitative estimate of drug-likeness (QED) is 0.885. The molecule has 3 unspecified atom stereocenters. The maximum atomic E-state index is 10.8. The van der Waals surface area contributed by atoms with E-state index in [2.05, 4.69) is 17.1 Å². The van der Waals surface area contributed by atoms with Crippen molar-refractivity contribution < 1.29 is 5.11 Å². The van der Waals surface area contributed by atoms with Crippen LogP contribution in [0.1, 0.15) is 37.4 Å². The van der Waals surface area contributed by atoms with Crippen molar-refractivity contribution in [1.82, 2.24) is 4.98 Å². The summed E-state index contributed by atoms with van der Waals surface area (Å²) in [7, 11) is 0. The van der Waals surface area contributed by atoms with E-state index in [0.717, 1.165) is 22.8 Å². The summed E-state index contributed by atoms with van der Waals surface area (Å²) in [6.07, 6.45) is 8.73. The van der Waals surface area contributed by atoms with Crippen molar-refractivity contribution in [3.8, 4) is 0 Å². The van der Waals surface area contributed by atoms with Crippen LogP contribution in [0.15, 0.2) is 36.7 Å². The number of benzene rings is 1. The van der Waals surface area contributed by atoms with E-state index in [0.29, 0.717) is 5.92 Å². The first-order chi connectivity index (χ1) is 9.36. The Morgan fingerprint density at radius 3 is 2.68 bits per heavy atom. The summed E-state index contributed by atoms with van der Waals surface area (Å²) in [6.45, 7) is 0. The molecule has 3 atom stereocenters. The summed E-state index contributed by atoms with van der Waals surface area (Å²) < 4.78 is 0. The van der Waals surface area contributed by atoms with Gasteiger partial charge in [-0.2, -0.15) is 0 Å². The fraction of sp³-hybridized carbons (Fsp3) is 0.471. The third-order valence-electron chi connectivity index (χ3n) is 5.12. The van der Waals surface area contributed by atoms with Gasteiger partial charge >= 0.3 is 0 Å². The van der Waals surface area contributed by atoms with Crippen LogP contribution in [0.4, 0.5) is 0 Å². The van der Waals surface area contributed by atoms with Crippen LogP contribution in [0.25, 0.3) is 10.8 Å². The van der Waals surface area contributed by atoms with Crippen LogP contribution in [-0.2, 0) is 0 Å². The van der Waals surface area contributed by atoms with E-state index in [9.17, 15) is 5.11 Å². The Labute approximate surface area is 113 Å². The third-order valence-corrected chi connectivity index (χ3v) is 5.12. The van der Waals surface area contributed by atoms with E-state index >= 15 is 0 Å². The van der Waals surface area contributed by atoms with E-state index in [1.165, 1.54) is 31.1 Å². The fourth-order valence-corrected chi connectivity index (χ4v) is 4.12. The number of rotatable bonds is 2. The molecule has 1 heterocycles. The Morgan fingerprint density at radius 2 is 1.89 bits per heavy atom. The molecule has 0 bridgehead atoms. The lowest BCUT2D eigenvalue weighted by atomic mass is 9.98. The van der Waals surface area contributed by atoms with E-state index in [4.69, 9.17) is 0 Å². The van der Waals surface area contributed by atoms with E-state index in [1.54, 1.807) is 0 Å². The Kier molecular flexibility index (Phi) is 2.59. The number of aliphatic hydroxyl groups excluding tert-OH is 1. The highest BCUT2D eigenvalue weighted by molar-refractivity contribution is 5.85. The van der Waals surface area contributed by atoms with Gasteiger partial charge in [0.05, 0.1) is 6.10 Å². The lowest BCUT2D eigenvalue weighted by Crippen LogP contribution is -2.03. The van der Waals surface area contributed by atoms with Gasteiger partial charge in [-0.25, -0.2) is 0 Å². The van der Waals surface area contributed by atoms with Crippen molar-refractivity contribution in [2.75, 3.05) is 0 Å².